The largest absolute Gasteiger partial charge is 0.352 e. The molecular formula is C17H16N2O. The van der Waals surface area contributed by atoms with E-state index in [9.17, 15) is 4.79 Å². The molecule has 0 bridgehead atoms. The highest BCUT2D eigenvalue weighted by Gasteiger charge is 2.05. The molecule has 0 spiro atoms. The number of amides is 1. The molecule has 2 aromatic rings. The Morgan fingerprint density at radius 2 is 1.90 bits per heavy atom. The highest BCUT2D eigenvalue weighted by Crippen LogP contribution is 2.05. The summed E-state index contributed by atoms with van der Waals surface area (Å²) in [7, 11) is 0. The standard InChI is InChI=1S/C17H16N2O/c18-13-15-8-4-10-16(12-15)17(20)19-11-5-9-14-6-2-1-3-7-14/h1-4,6-8,10,12H,5,9,11H2,(H,19,20). The Bertz CT molecular complexity index is 614. The van der Waals surface area contributed by atoms with Crippen LogP contribution < -0.4 is 5.32 Å². The third-order valence-corrected chi connectivity index (χ3v) is 3.02. The molecule has 0 saturated carbocycles. The number of carbonyl (C=O) groups excluding carboxylic acids is 1. The summed E-state index contributed by atoms with van der Waals surface area (Å²) in [4.78, 5) is 11.9. The number of rotatable bonds is 5. The van der Waals surface area contributed by atoms with Crippen LogP contribution in [0.2, 0.25) is 0 Å². The van der Waals surface area contributed by atoms with Gasteiger partial charge in [-0.3, -0.25) is 4.79 Å². The van der Waals surface area contributed by atoms with Gasteiger partial charge in [-0.1, -0.05) is 36.4 Å². The number of hydrogen-bond acceptors (Lipinski definition) is 2. The summed E-state index contributed by atoms with van der Waals surface area (Å²) in [6.45, 7) is 0.629. The van der Waals surface area contributed by atoms with Crippen molar-refractivity contribution in [2.24, 2.45) is 0 Å². The summed E-state index contributed by atoms with van der Waals surface area (Å²) in [5.41, 5.74) is 2.30. The van der Waals surface area contributed by atoms with Gasteiger partial charge in [0.1, 0.15) is 0 Å². The van der Waals surface area contributed by atoms with E-state index in [4.69, 9.17) is 5.26 Å². The summed E-state index contributed by atoms with van der Waals surface area (Å²) in [6, 6.07) is 18.9. The average molecular weight is 264 g/mol. The molecule has 0 aliphatic rings. The van der Waals surface area contributed by atoms with E-state index in [1.165, 1.54) is 5.56 Å². The molecule has 2 rings (SSSR count). The molecule has 3 heteroatoms. The van der Waals surface area contributed by atoms with E-state index in [1.54, 1.807) is 24.3 Å². The predicted molar refractivity (Wildman–Crippen MR) is 78.3 cm³/mol. The van der Waals surface area contributed by atoms with Crippen LogP contribution in [0.25, 0.3) is 0 Å². The molecule has 2 aromatic carbocycles. The minimum Gasteiger partial charge on any atom is -0.352 e. The van der Waals surface area contributed by atoms with Crippen LogP contribution in [0.15, 0.2) is 54.6 Å². The van der Waals surface area contributed by atoms with E-state index in [2.05, 4.69) is 17.4 Å². The highest BCUT2D eigenvalue weighted by molar-refractivity contribution is 5.94. The molecule has 20 heavy (non-hydrogen) atoms. The maximum atomic E-state index is 11.9. The van der Waals surface area contributed by atoms with E-state index in [-0.39, 0.29) is 5.91 Å². The normalized spacial score (nSPS) is 9.75. The maximum Gasteiger partial charge on any atom is 0.251 e. The van der Waals surface area contributed by atoms with Gasteiger partial charge in [-0.15, -0.1) is 0 Å². The maximum absolute atomic E-state index is 11.9. The summed E-state index contributed by atoms with van der Waals surface area (Å²) < 4.78 is 0. The van der Waals surface area contributed by atoms with Crippen LogP contribution in [0, 0.1) is 11.3 Å². The van der Waals surface area contributed by atoms with Crippen LogP contribution in [0.5, 0.6) is 0 Å². The third-order valence-electron chi connectivity index (χ3n) is 3.02. The second-order valence-electron chi connectivity index (χ2n) is 4.54. The Morgan fingerprint density at radius 1 is 1.10 bits per heavy atom. The van der Waals surface area contributed by atoms with Crippen molar-refractivity contribution >= 4 is 5.91 Å². The lowest BCUT2D eigenvalue weighted by molar-refractivity contribution is 0.0953. The van der Waals surface area contributed by atoms with Gasteiger partial charge in [0.25, 0.3) is 5.91 Å². The van der Waals surface area contributed by atoms with Crippen molar-refractivity contribution in [3.05, 3.63) is 71.3 Å². The van der Waals surface area contributed by atoms with Gasteiger partial charge >= 0.3 is 0 Å². The van der Waals surface area contributed by atoms with Crippen LogP contribution in [0.3, 0.4) is 0 Å². The molecule has 0 unspecified atom stereocenters. The quantitative estimate of drug-likeness (QED) is 0.844. The van der Waals surface area contributed by atoms with Crippen molar-refractivity contribution < 1.29 is 4.79 Å². The van der Waals surface area contributed by atoms with Gasteiger partial charge in [-0.05, 0) is 36.6 Å². The first-order valence-corrected chi connectivity index (χ1v) is 6.62. The lowest BCUT2D eigenvalue weighted by Crippen LogP contribution is -2.24. The van der Waals surface area contributed by atoms with E-state index in [0.29, 0.717) is 17.7 Å². The van der Waals surface area contributed by atoms with Crippen molar-refractivity contribution in [2.75, 3.05) is 6.54 Å². The second-order valence-corrected chi connectivity index (χ2v) is 4.54. The average Bonchev–Trinajstić information content (AvgIpc) is 2.52. The number of aryl methyl sites for hydroxylation is 1. The second kappa shape index (κ2) is 7.10. The number of nitrogens with one attached hydrogen (secondary N) is 1. The third kappa shape index (κ3) is 3.96. The molecule has 0 fully saturated rings. The fraction of sp³-hybridized carbons (Fsp3) is 0.176. The number of hydrogen-bond donors (Lipinski definition) is 1. The molecule has 0 saturated heterocycles. The molecule has 0 radical (unpaired) electrons. The Morgan fingerprint density at radius 3 is 2.65 bits per heavy atom. The van der Waals surface area contributed by atoms with Gasteiger partial charge in [-0.25, -0.2) is 0 Å². The van der Waals surface area contributed by atoms with E-state index in [0.717, 1.165) is 12.8 Å². The van der Waals surface area contributed by atoms with Gasteiger partial charge in [-0.2, -0.15) is 5.26 Å². The molecule has 0 aliphatic carbocycles. The smallest absolute Gasteiger partial charge is 0.251 e. The zero-order valence-electron chi connectivity index (χ0n) is 11.2. The fourth-order valence-electron chi connectivity index (χ4n) is 1.97. The van der Waals surface area contributed by atoms with Crippen molar-refractivity contribution in [3.63, 3.8) is 0 Å². The number of benzene rings is 2. The Kier molecular flexibility index (Phi) is 4.91. The van der Waals surface area contributed by atoms with Crippen LogP contribution in [-0.2, 0) is 6.42 Å². The summed E-state index contributed by atoms with van der Waals surface area (Å²) in [6.07, 6.45) is 1.84. The number of carbonyl (C=O) groups is 1. The van der Waals surface area contributed by atoms with Gasteiger partial charge in [0.2, 0.25) is 0 Å². The molecule has 3 nitrogen and oxygen atoms in total. The van der Waals surface area contributed by atoms with Crippen LogP contribution in [0.1, 0.15) is 27.9 Å². The first kappa shape index (κ1) is 13.8. The number of nitriles is 1. The van der Waals surface area contributed by atoms with Gasteiger partial charge in [0.15, 0.2) is 0 Å². The minimum absolute atomic E-state index is 0.129. The molecule has 1 amide bonds. The first-order chi connectivity index (χ1) is 9.79. The topological polar surface area (TPSA) is 52.9 Å². The molecule has 100 valence electrons. The molecule has 0 heterocycles. The van der Waals surface area contributed by atoms with Crippen molar-refractivity contribution in [3.8, 4) is 6.07 Å². The molecule has 1 N–H and O–H groups in total. The Labute approximate surface area is 118 Å². The van der Waals surface area contributed by atoms with Crippen LogP contribution in [0.4, 0.5) is 0 Å². The molecule has 0 aliphatic heterocycles. The lowest BCUT2D eigenvalue weighted by Gasteiger charge is -2.05. The van der Waals surface area contributed by atoms with Crippen molar-refractivity contribution in [2.45, 2.75) is 12.8 Å². The highest BCUT2D eigenvalue weighted by atomic mass is 16.1. The molecular weight excluding hydrogens is 248 g/mol. The van der Waals surface area contributed by atoms with Crippen molar-refractivity contribution in [1.82, 2.24) is 5.32 Å². The monoisotopic (exact) mass is 264 g/mol. The summed E-state index contributed by atoms with van der Waals surface area (Å²) in [5, 5.41) is 11.7. The van der Waals surface area contributed by atoms with Gasteiger partial charge < -0.3 is 5.32 Å². The summed E-state index contributed by atoms with van der Waals surface area (Å²) >= 11 is 0. The first-order valence-electron chi connectivity index (χ1n) is 6.62. The lowest BCUT2D eigenvalue weighted by atomic mass is 10.1. The Hall–Kier alpha value is -2.60. The van der Waals surface area contributed by atoms with E-state index >= 15 is 0 Å². The zero-order valence-corrected chi connectivity index (χ0v) is 11.2. The Balaban J connectivity index is 1.79. The summed E-state index contributed by atoms with van der Waals surface area (Å²) in [5.74, 6) is -0.129. The van der Waals surface area contributed by atoms with Gasteiger partial charge in [0, 0.05) is 12.1 Å². The molecule has 0 aromatic heterocycles. The van der Waals surface area contributed by atoms with Crippen LogP contribution >= 0.6 is 0 Å². The fourth-order valence-corrected chi connectivity index (χ4v) is 1.97. The minimum atomic E-state index is -0.129. The molecule has 0 atom stereocenters. The zero-order chi connectivity index (χ0) is 14.2. The SMILES string of the molecule is N#Cc1cccc(C(=O)NCCCc2ccccc2)c1. The predicted octanol–water partition coefficient (Wildman–Crippen LogP) is 2.92. The van der Waals surface area contributed by atoms with E-state index < -0.39 is 0 Å². The van der Waals surface area contributed by atoms with Crippen LogP contribution in [-0.4, -0.2) is 12.5 Å². The number of nitrogens with zero attached hydrogens (tertiary/aromatic N) is 1. The van der Waals surface area contributed by atoms with Crippen molar-refractivity contribution in [1.29, 1.82) is 5.26 Å². The van der Waals surface area contributed by atoms with E-state index in [1.807, 2.05) is 24.3 Å². The van der Waals surface area contributed by atoms with Gasteiger partial charge in [0.05, 0.1) is 11.6 Å².